The molecule has 35 heteroatoms. The molecule has 320 valence electrons. The number of azo groups is 2. The summed E-state index contributed by atoms with van der Waals surface area (Å²) in [6.07, 6.45) is -1.45. The van der Waals surface area contributed by atoms with Crippen LogP contribution in [0.25, 0.3) is 10.8 Å². The SMILES string of the molecule is O=S(=O)([O-])CNc1ccc2c(O)c(N=Nc3cccc(S(=O)(=O)CCOSOO[O-])c3)c(SOO[O-])cc2c1N=Nc1cc(Nc2cc(F)nc(F)n2)ccc1S(=O)(=O)[O-].[Na+].[Na+].[Na+].[Na+]. The van der Waals surface area contributed by atoms with E-state index >= 15 is 0 Å². The third-order valence-electron chi connectivity index (χ3n) is 7.20. The molecule has 0 unspecified atom stereocenters. The van der Waals surface area contributed by atoms with Crippen molar-refractivity contribution < 1.29 is 200 Å². The van der Waals surface area contributed by atoms with E-state index < -0.39 is 93.9 Å². The Labute approximate surface area is 457 Å². The van der Waals surface area contributed by atoms with Crippen molar-refractivity contribution in [1.29, 1.82) is 0 Å². The second kappa shape index (κ2) is 27.8. The number of nitrogens with one attached hydrogen (secondary N) is 2. The van der Waals surface area contributed by atoms with Crippen LogP contribution in [0.2, 0.25) is 0 Å². The van der Waals surface area contributed by atoms with Crippen LogP contribution in [0.1, 0.15) is 0 Å². The van der Waals surface area contributed by atoms with Gasteiger partial charge in [-0.25, -0.2) is 25.3 Å². The molecule has 0 saturated carbocycles. The Balaban J connectivity index is 0.00000512. The summed E-state index contributed by atoms with van der Waals surface area (Å²) in [5.74, 6) is -4.23. The maximum absolute atomic E-state index is 13.7. The second-order valence-corrected chi connectivity index (χ2v) is 17.2. The molecule has 0 radical (unpaired) electrons. The Bertz CT molecular complexity index is 2790. The topological polar surface area (TPSA) is 360 Å². The molecule has 3 N–H and O–H groups in total. The van der Waals surface area contributed by atoms with E-state index in [1.54, 1.807) is 0 Å². The van der Waals surface area contributed by atoms with E-state index in [1.165, 1.54) is 24.3 Å². The molecule has 0 aliphatic heterocycles. The molecule has 1 aromatic heterocycles. The third kappa shape index (κ3) is 17.7. The quantitative estimate of drug-likeness (QED) is 0.00750. The molecule has 0 aliphatic rings. The Morgan fingerprint density at radius 3 is 2.14 bits per heavy atom. The number of phenols is 1. The Morgan fingerprint density at radius 1 is 0.781 bits per heavy atom. The molecule has 0 amide bonds. The first kappa shape index (κ1) is 60.9. The van der Waals surface area contributed by atoms with Crippen molar-refractivity contribution in [2.24, 2.45) is 20.5 Å². The van der Waals surface area contributed by atoms with Gasteiger partial charge in [0.2, 0.25) is 5.95 Å². The first-order valence-corrected chi connectivity index (χ1v) is 21.5. The number of sulfone groups is 1. The summed E-state index contributed by atoms with van der Waals surface area (Å²) < 4.78 is 137. The van der Waals surface area contributed by atoms with Gasteiger partial charge in [-0.05, 0) is 54.6 Å². The zero-order chi connectivity index (χ0) is 43.7. The number of nitrogens with zero attached hydrogens (tertiary/aromatic N) is 6. The fourth-order valence-electron chi connectivity index (χ4n) is 4.80. The average Bonchev–Trinajstić information content (AvgIpc) is 3.17. The predicted molar refractivity (Wildman–Crippen MR) is 194 cm³/mol. The Morgan fingerprint density at radius 2 is 1.48 bits per heavy atom. The number of hydrogen-bond acceptors (Lipinski definition) is 26. The van der Waals surface area contributed by atoms with E-state index in [1.807, 2.05) is 0 Å². The van der Waals surface area contributed by atoms with Crippen molar-refractivity contribution in [1.82, 2.24) is 9.97 Å². The molecule has 5 aromatic rings. The molecule has 24 nitrogen and oxygen atoms in total. The summed E-state index contributed by atoms with van der Waals surface area (Å²) in [6, 6.07) is 11.8. The van der Waals surface area contributed by atoms with Crippen LogP contribution in [0.4, 0.5) is 48.7 Å². The van der Waals surface area contributed by atoms with Gasteiger partial charge in [-0.3, -0.25) is 14.3 Å². The van der Waals surface area contributed by atoms with Crippen LogP contribution in [0.15, 0.2) is 102 Å². The van der Waals surface area contributed by atoms with Crippen LogP contribution in [-0.4, -0.2) is 67.7 Å². The normalized spacial score (nSPS) is 11.7. The molecule has 64 heavy (non-hydrogen) atoms. The third-order valence-corrected chi connectivity index (χ3v) is 11.3. The van der Waals surface area contributed by atoms with Gasteiger partial charge in [0.05, 0.1) is 50.5 Å². The fraction of sp³-hybridized carbons (Fsp3) is 0.103. The van der Waals surface area contributed by atoms with Gasteiger partial charge in [0.15, 0.2) is 27.9 Å². The van der Waals surface area contributed by atoms with Gasteiger partial charge in [0.1, 0.15) is 49.0 Å². The smallest absolute Gasteiger partial charge is 0.747 e. The maximum Gasteiger partial charge on any atom is 1.00 e. The number of rotatable bonds is 20. The second-order valence-electron chi connectivity index (χ2n) is 11.1. The van der Waals surface area contributed by atoms with Gasteiger partial charge in [-0.2, -0.15) is 28.2 Å². The first-order chi connectivity index (χ1) is 28.4. The van der Waals surface area contributed by atoms with Gasteiger partial charge in [-0.1, -0.05) is 6.07 Å². The van der Waals surface area contributed by atoms with Crippen molar-refractivity contribution in [3.05, 3.63) is 78.8 Å². The van der Waals surface area contributed by atoms with E-state index in [2.05, 4.69) is 59.8 Å². The minimum absolute atomic E-state index is 0. The van der Waals surface area contributed by atoms with E-state index in [-0.39, 0.29) is 180 Å². The van der Waals surface area contributed by atoms with E-state index in [0.29, 0.717) is 6.07 Å². The summed E-state index contributed by atoms with van der Waals surface area (Å²) in [6.45, 7) is -0.419. The van der Waals surface area contributed by atoms with Crippen LogP contribution in [0.5, 0.6) is 5.75 Å². The standard InChI is InChI=1S/C29H24F2N8O16S5.4Na/c30-24-13-25(35-29(31)34-24)33-15-4-7-23(60(48,49)50)21(11-15)37-38-26-19-12-22(56-54-52-41)27(28(40)18(19)5-6-20(26)32-14-59(45,46)47)39-36-16-2-1-3-17(10-16)58(43,44)9-8-51-57-55-53-42;;;;/h1-7,10-13,32,40-42H,8-9,14H2,(H,33,34,35)(H,45,46,47)(H,48,49,50);;;;/q;4*+1/p-4. The Hall–Kier alpha value is -1.13. The molecular weight excluding hydrogens is 1010 g/mol. The molecule has 0 atom stereocenters. The summed E-state index contributed by atoms with van der Waals surface area (Å²) in [5.41, 5.74) is -2.02. The molecule has 0 saturated heterocycles. The zero-order valence-electron chi connectivity index (χ0n) is 33.0. The van der Waals surface area contributed by atoms with E-state index in [0.717, 1.165) is 36.4 Å². The number of anilines is 3. The fourth-order valence-corrected chi connectivity index (χ4v) is 7.65. The van der Waals surface area contributed by atoms with Gasteiger partial charge >= 0.3 is 124 Å². The van der Waals surface area contributed by atoms with Crippen LogP contribution in [-0.2, 0) is 53.0 Å². The maximum atomic E-state index is 13.7. The van der Waals surface area contributed by atoms with Gasteiger partial charge in [0.25, 0.3) is 0 Å². The molecule has 5 rings (SSSR count). The Kier molecular flexibility index (Phi) is 26.4. The van der Waals surface area contributed by atoms with Gasteiger partial charge in [-0.15, -0.1) is 19.7 Å². The molecular formula is C29H20F2N8Na4O16S5. The number of benzene rings is 4. The summed E-state index contributed by atoms with van der Waals surface area (Å²) in [4.78, 5) is 4.73. The zero-order valence-corrected chi connectivity index (χ0v) is 45.1. The number of aromatic hydroxyl groups is 1. The first-order valence-electron chi connectivity index (χ1n) is 15.5. The van der Waals surface area contributed by atoms with Crippen molar-refractivity contribution >= 4 is 105 Å². The minimum Gasteiger partial charge on any atom is -0.747 e. The molecule has 0 aliphatic carbocycles. The molecule has 4 aromatic carbocycles. The number of phenolic OH excluding ortho intramolecular Hbond substituents is 1. The number of aromatic nitrogens is 2. The predicted octanol–water partition coefficient (Wildman–Crippen LogP) is -8.17. The largest absolute Gasteiger partial charge is 1.00 e. The van der Waals surface area contributed by atoms with Crippen LogP contribution in [0, 0.1) is 12.0 Å². The van der Waals surface area contributed by atoms with E-state index in [4.69, 9.17) is 4.18 Å². The van der Waals surface area contributed by atoms with Crippen molar-refractivity contribution in [2.75, 3.05) is 28.9 Å². The summed E-state index contributed by atoms with van der Waals surface area (Å²) in [5, 5.41) is 58.9. The van der Waals surface area contributed by atoms with E-state index in [9.17, 15) is 58.8 Å². The van der Waals surface area contributed by atoms with Crippen molar-refractivity contribution in [3.63, 3.8) is 0 Å². The van der Waals surface area contributed by atoms with Crippen LogP contribution >= 0.6 is 24.4 Å². The minimum atomic E-state index is -5.30. The summed E-state index contributed by atoms with van der Waals surface area (Å²) >= 11 is 0.270. The molecule has 0 bridgehead atoms. The molecule has 1 heterocycles. The molecule has 0 fully saturated rings. The summed E-state index contributed by atoms with van der Waals surface area (Å²) in [7, 11) is -14.3. The monoisotopic (exact) mass is 1030 g/mol. The van der Waals surface area contributed by atoms with Crippen molar-refractivity contribution in [2.45, 2.75) is 14.7 Å². The number of hydrogen-bond donors (Lipinski definition) is 3. The van der Waals surface area contributed by atoms with Gasteiger partial charge in [0, 0.05) is 22.5 Å². The number of fused-ring (bicyclic) bond motifs is 1. The van der Waals surface area contributed by atoms with Crippen LogP contribution in [0.3, 0.4) is 0 Å². The molecule has 0 spiro atoms. The van der Waals surface area contributed by atoms with Gasteiger partial charge < -0.3 is 35.4 Å². The number of halogens is 2. The van der Waals surface area contributed by atoms with Crippen molar-refractivity contribution in [3.8, 4) is 5.75 Å². The van der Waals surface area contributed by atoms with Crippen LogP contribution < -0.4 is 139 Å². The average molecular weight is 1030 g/mol.